The van der Waals surface area contributed by atoms with E-state index >= 15 is 0 Å². The van der Waals surface area contributed by atoms with Gasteiger partial charge < -0.3 is 24.0 Å². The number of carbonyl (C=O) groups excluding carboxylic acids is 1. The van der Waals surface area contributed by atoms with Gasteiger partial charge in [0.15, 0.2) is 11.5 Å². The molecule has 3 heterocycles. The lowest BCUT2D eigenvalue weighted by molar-refractivity contribution is -0.909. The van der Waals surface area contributed by atoms with Crippen LogP contribution in [0.2, 0.25) is 0 Å². The number of likely N-dealkylation sites (N-methyl/N-ethyl adjacent to an activating group) is 1. The monoisotopic (exact) mass is 361 g/mol. The predicted octanol–water partition coefficient (Wildman–Crippen LogP) is 0.990. The van der Waals surface area contributed by atoms with E-state index in [1.807, 2.05) is 23.1 Å². The fourth-order valence-corrected chi connectivity index (χ4v) is 4.40. The summed E-state index contributed by atoms with van der Waals surface area (Å²) < 4.78 is 16.6. The number of likely N-dealkylation sites (tertiary alicyclic amines) is 1. The van der Waals surface area contributed by atoms with E-state index in [2.05, 4.69) is 6.92 Å². The lowest BCUT2D eigenvalue weighted by atomic mass is 10.1. The SMILES string of the molecule is CC[NH+]1CCC[C@H]1CN(Cc1ccc2c(c1)OCO2)C(=O)[C@@H]1CCCO1. The molecule has 3 atom stereocenters. The van der Waals surface area contributed by atoms with Gasteiger partial charge in [-0.1, -0.05) is 6.07 Å². The van der Waals surface area contributed by atoms with Crippen molar-refractivity contribution in [2.24, 2.45) is 0 Å². The summed E-state index contributed by atoms with van der Waals surface area (Å²) in [4.78, 5) is 16.7. The van der Waals surface area contributed by atoms with Gasteiger partial charge in [-0.2, -0.15) is 0 Å². The van der Waals surface area contributed by atoms with Crippen LogP contribution in [0.25, 0.3) is 0 Å². The molecule has 0 aromatic heterocycles. The topological polar surface area (TPSA) is 52.4 Å². The van der Waals surface area contributed by atoms with E-state index in [0.29, 0.717) is 19.2 Å². The van der Waals surface area contributed by atoms with Crippen molar-refractivity contribution >= 4 is 5.91 Å². The number of ether oxygens (including phenoxy) is 3. The van der Waals surface area contributed by atoms with Gasteiger partial charge >= 0.3 is 0 Å². The molecule has 6 heteroatoms. The van der Waals surface area contributed by atoms with Gasteiger partial charge in [-0.15, -0.1) is 0 Å². The third-order valence-corrected chi connectivity index (χ3v) is 5.85. The first-order valence-electron chi connectivity index (χ1n) is 9.88. The van der Waals surface area contributed by atoms with Crippen LogP contribution in [0.4, 0.5) is 0 Å². The van der Waals surface area contributed by atoms with Crippen molar-refractivity contribution in [3.63, 3.8) is 0 Å². The second-order valence-electron chi connectivity index (χ2n) is 7.51. The van der Waals surface area contributed by atoms with Gasteiger partial charge in [0.2, 0.25) is 6.79 Å². The first-order valence-corrected chi connectivity index (χ1v) is 9.88. The Morgan fingerprint density at radius 1 is 1.23 bits per heavy atom. The summed E-state index contributed by atoms with van der Waals surface area (Å²) in [6, 6.07) is 6.49. The second kappa shape index (κ2) is 7.84. The Labute approximate surface area is 155 Å². The second-order valence-corrected chi connectivity index (χ2v) is 7.51. The number of benzene rings is 1. The van der Waals surface area contributed by atoms with Crippen molar-refractivity contribution < 1.29 is 23.9 Å². The van der Waals surface area contributed by atoms with Crippen LogP contribution in [0.5, 0.6) is 11.5 Å². The highest BCUT2D eigenvalue weighted by Crippen LogP contribution is 2.33. The zero-order valence-electron chi connectivity index (χ0n) is 15.5. The van der Waals surface area contributed by atoms with Crippen LogP contribution in [-0.2, 0) is 16.1 Å². The molecular weight excluding hydrogens is 332 g/mol. The molecule has 0 aliphatic carbocycles. The Bertz CT molecular complexity index is 645. The minimum Gasteiger partial charge on any atom is -0.454 e. The molecule has 1 N–H and O–H groups in total. The summed E-state index contributed by atoms with van der Waals surface area (Å²) in [5.41, 5.74) is 1.08. The van der Waals surface area contributed by atoms with E-state index in [-0.39, 0.29) is 18.8 Å². The first-order chi connectivity index (χ1) is 12.7. The van der Waals surface area contributed by atoms with Crippen molar-refractivity contribution in [1.29, 1.82) is 0 Å². The Morgan fingerprint density at radius 2 is 2.12 bits per heavy atom. The van der Waals surface area contributed by atoms with Crippen LogP contribution in [0, 0.1) is 0 Å². The third-order valence-electron chi connectivity index (χ3n) is 5.85. The molecule has 0 bridgehead atoms. The van der Waals surface area contributed by atoms with Crippen molar-refractivity contribution in [2.45, 2.75) is 51.3 Å². The number of amides is 1. The van der Waals surface area contributed by atoms with Crippen LogP contribution in [0.15, 0.2) is 18.2 Å². The normalized spacial score (nSPS) is 27.0. The summed E-state index contributed by atoms with van der Waals surface area (Å²) in [6.45, 7) is 6.94. The Kier molecular flexibility index (Phi) is 5.31. The summed E-state index contributed by atoms with van der Waals surface area (Å²) in [5.74, 6) is 1.69. The zero-order valence-corrected chi connectivity index (χ0v) is 15.5. The highest BCUT2D eigenvalue weighted by molar-refractivity contribution is 5.81. The molecule has 2 saturated heterocycles. The number of nitrogens with one attached hydrogen (secondary N) is 1. The van der Waals surface area contributed by atoms with Crippen molar-refractivity contribution in [3.05, 3.63) is 23.8 Å². The molecule has 3 aliphatic rings. The summed E-state index contributed by atoms with van der Waals surface area (Å²) >= 11 is 0. The number of hydrogen-bond donors (Lipinski definition) is 1. The maximum atomic E-state index is 13.1. The maximum absolute atomic E-state index is 13.1. The van der Waals surface area contributed by atoms with Crippen molar-refractivity contribution in [3.8, 4) is 11.5 Å². The van der Waals surface area contributed by atoms with E-state index < -0.39 is 0 Å². The minimum atomic E-state index is -0.268. The number of hydrogen-bond acceptors (Lipinski definition) is 4. The quantitative estimate of drug-likeness (QED) is 0.821. The van der Waals surface area contributed by atoms with Crippen LogP contribution in [0.1, 0.15) is 38.2 Å². The Morgan fingerprint density at radius 3 is 2.92 bits per heavy atom. The van der Waals surface area contributed by atoms with Gasteiger partial charge in [0.05, 0.1) is 19.6 Å². The molecule has 2 fully saturated rings. The van der Waals surface area contributed by atoms with Crippen LogP contribution in [0.3, 0.4) is 0 Å². The molecule has 1 aromatic rings. The summed E-state index contributed by atoms with van der Waals surface area (Å²) in [7, 11) is 0. The molecule has 4 rings (SSSR count). The van der Waals surface area contributed by atoms with Gasteiger partial charge in [-0.3, -0.25) is 4.79 Å². The number of carbonyl (C=O) groups is 1. The molecule has 0 spiro atoms. The molecule has 1 unspecified atom stereocenters. The molecule has 0 saturated carbocycles. The summed E-state index contributed by atoms with van der Waals surface area (Å²) in [6.07, 6.45) is 3.99. The van der Waals surface area contributed by atoms with Crippen molar-refractivity contribution in [1.82, 2.24) is 4.90 Å². The number of nitrogens with zero attached hydrogens (tertiary/aromatic N) is 1. The van der Waals surface area contributed by atoms with E-state index in [1.54, 1.807) is 4.90 Å². The van der Waals surface area contributed by atoms with Gasteiger partial charge in [0.25, 0.3) is 5.91 Å². The molecule has 0 radical (unpaired) electrons. The fraction of sp³-hybridized carbons (Fsp3) is 0.650. The predicted molar refractivity (Wildman–Crippen MR) is 96.3 cm³/mol. The Hall–Kier alpha value is -1.79. The van der Waals surface area contributed by atoms with E-state index in [0.717, 1.165) is 43.0 Å². The highest BCUT2D eigenvalue weighted by Gasteiger charge is 2.34. The Balaban J connectivity index is 1.50. The van der Waals surface area contributed by atoms with Gasteiger partial charge in [-0.25, -0.2) is 0 Å². The highest BCUT2D eigenvalue weighted by atomic mass is 16.7. The van der Waals surface area contributed by atoms with Crippen molar-refractivity contribution in [2.75, 3.05) is 33.0 Å². The standard InChI is InChI=1S/C20H28N2O4/c1-2-21-9-3-5-16(21)13-22(20(23)18-6-4-10-24-18)12-15-7-8-17-19(11-15)26-14-25-17/h7-8,11,16,18H,2-6,9-10,12-14H2,1H3/p+1/t16-,18-/m0/s1. The average Bonchev–Trinajstić information content (AvgIpc) is 3.40. The number of fused-ring (bicyclic) bond motifs is 1. The summed E-state index contributed by atoms with van der Waals surface area (Å²) in [5, 5.41) is 0. The number of rotatable bonds is 6. The molecule has 142 valence electrons. The molecule has 3 aliphatic heterocycles. The smallest absolute Gasteiger partial charge is 0.252 e. The van der Waals surface area contributed by atoms with E-state index in [4.69, 9.17) is 14.2 Å². The zero-order chi connectivity index (χ0) is 17.9. The van der Waals surface area contributed by atoms with Gasteiger partial charge in [0.1, 0.15) is 12.1 Å². The van der Waals surface area contributed by atoms with E-state index in [1.165, 1.54) is 19.4 Å². The maximum Gasteiger partial charge on any atom is 0.252 e. The van der Waals surface area contributed by atoms with Gasteiger partial charge in [-0.05, 0) is 37.5 Å². The fourth-order valence-electron chi connectivity index (χ4n) is 4.40. The van der Waals surface area contributed by atoms with E-state index in [9.17, 15) is 4.79 Å². The number of quaternary nitrogens is 1. The average molecular weight is 361 g/mol. The van der Waals surface area contributed by atoms with Crippen LogP contribution >= 0.6 is 0 Å². The minimum absolute atomic E-state index is 0.141. The first kappa shape index (κ1) is 17.6. The lowest BCUT2D eigenvalue weighted by Gasteiger charge is -2.30. The molecule has 6 nitrogen and oxygen atoms in total. The molecule has 26 heavy (non-hydrogen) atoms. The molecule has 1 aromatic carbocycles. The van der Waals surface area contributed by atoms with Crippen LogP contribution < -0.4 is 14.4 Å². The molecule has 1 amide bonds. The molecular formula is C20H29N2O4+. The van der Waals surface area contributed by atoms with Crippen LogP contribution in [-0.4, -0.2) is 56.0 Å². The van der Waals surface area contributed by atoms with Gasteiger partial charge in [0, 0.05) is 26.0 Å². The lowest BCUT2D eigenvalue weighted by Crippen LogP contribution is -3.14. The largest absolute Gasteiger partial charge is 0.454 e. The third kappa shape index (κ3) is 3.67.